The van der Waals surface area contributed by atoms with Crippen LogP contribution in [0.2, 0.25) is 0 Å². The van der Waals surface area contributed by atoms with Crippen LogP contribution in [0.25, 0.3) is 0 Å². The van der Waals surface area contributed by atoms with Gasteiger partial charge in [-0.2, -0.15) is 0 Å². The van der Waals surface area contributed by atoms with Crippen molar-refractivity contribution in [2.24, 2.45) is 0 Å². The second-order valence-electron chi connectivity index (χ2n) is 24.6. The lowest BCUT2D eigenvalue weighted by Gasteiger charge is -2.19. The standard InChI is InChI=1S/C82H141NO3/c1-3-5-7-9-11-13-15-17-19-21-23-25-27-29-31-33-35-37-38-39-40-41-42-43-44-46-48-50-52-54-56-58-60-62-64-66-68-70-72-74-76-78-82(86)83-80(79-84)81(85)77-75-73-71-69-67-65-63-61-59-57-55-53-51-49-47-45-36-34-32-30-28-26-24-22-20-18-16-14-12-10-8-6-4-2/h5,7,11,13,17,19,23,25,29,31,35,37,39-40,42-43,46,48,52,54,67,69,75,77,80-81,84-85H,3-4,6,8-10,12,14-16,18,20-22,24,26-28,30,32-34,36,38,41,44-45,47,49-51,53,55-66,68,70-74,76,78-79H2,1-2H3,(H,83,86)/b7-5-,13-11-,19-17-,25-23-,31-29-,37-35-,40-39-,43-42-,48-46-,54-52-,69-67+,77-75+. The highest BCUT2D eigenvalue weighted by Crippen LogP contribution is 2.18. The SMILES string of the molecule is CC/C=C\C/C=C\C/C=C\C/C=C\C/C=C\C/C=C\C/C=C\C/C=C\C/C=C\C/C=C\CCCCCCCCCCCCC(=O)NC(CO)C(O)/C=C/CC/C=C/CCCCCCCCCCCCCCCCCCCCCCCCCCCCC. The Bertz CT molecular complexity index is 1730. The zero-order chi connectivity index (χ0) is 61.9. The predicted octanol–water partition coefficient (Wildman–Crippen LogP) is 25.8. The molecule has 0 saturated heterocycles. The number of rotatable bonds is 67. The first kappa shape index (κ1) is 82.3. The summed E-state index contributed by atoms with van der Waals surface area (Å²) in [6.45, 7) is 4.20. The van der Waals surface area contributed by atoms with Gasteiger partial charge in [0, 0.05) is 6.42 Å². The molecule has 0 aromatic heterocycles. The smallest absolute Gasteiger partial charge is 0.220 e. The minimum atomic E-state index is -0.876. The fraction of sp³-hybridized carbons (Fsp3) is 0.695. The molecule has 86 heavy (non-hydrogen) atoms. The lowest BCUT2D eigenvalue weighted by molar-refractivity contribution is -0.123. The quantitative estimate of drug-likeness (QED) is 0.0420. The molecule has 0 radical (unpaired) electrons. The summed E-state index contributed by atoms with van der Waals surface area (Å²) in [5.41, 5.74) is 0. The minimum Gasteiger partial charge on any atom is -0.394 e. The summed E-state index contributed by atoms with van der Waals surface area (Å²) in [5.74, 6) is -0.0804. The van der Waals surface area contributed by atoms with E-state index < -0.39 is 12.1 Å². The van der Waals surface area contributed by atoms with Gasteiger partial charge in [0.05, 0.1) is 18.8 Å². The highest BCUT2D eigenvalue weighted by molar-refractivity contribution is 5.76. The first-order valence-corrected chi connectivity index (χ1v) is 37.0. The Kier molecular flexibility index (Phi) is 72.2. The Hall–Kier alpha value is -3.73. The van der Waals surface area contributed by atoms with Crippen molar-refractivity contribution in [1.82, 2.24) is 5.32 Å². The lowest BCUT2D eigenvalue weighted by Crippen LogP contribution is -2.45. The average molecular weight is 1190 g/mol. The predicted molar refractivity (Wildman–Crippen MR) is 386 cm³/mol. The van der Waals surface area contributed by atoms with Gasteiger partial charge < -0.3 is 15.5 Å². The van der Waals surface area contributed by atoms with Gasteiger partial charge in [-0.25, -0.2) is 0 Å². The molecule has 0 bridgehead atoms. The van der Waals surface area contributed by atoms with Gasteiger partial charge in [0.1, 0.15) is 0 Å². The Labute approximate surface area is 535 Å². The molecule has 4 nitrogen and oxygen atoms in total. The largest absolute Gasteiger partial charge is 0.394 e. The van der Waals surface area contributed by atoms with E-state index in [4.69, 9.17) is 0 Å². The Morgan fingerprint density at radius 1 is 0.291 bits per heavy atom. The van der Waals surface area contributed by atoms with Gasteiger partial charge in [-0.1, -0.05) is 378 Å². The summed E-state index contributed by atoms with van der Waals surface area (Å²) in [6.07, 6.45) is 118. The maximum atomic E-state index is 12.6. The summed E-state index contributed by atoms with van der Waals surface area (Å²) in [5, 5.41) is 23.3. The Morgan fingerprint density at radius 3 is 0.814 bits per heavy atom. The first-order chi connectivity index (χ1) is 42.7. The number of hydrogen-bond donors (Lipinski definition) is 3. The van der Waals surface area contributed by atoms with E-state index in [2.05, 4.69) is 153 Å². The van der Waals surface area contributed by atoms with Crippen LogP contribution >= 0.6 is 0 Å². The van der Waals surface area contributed by atoms with E-state index in [1.807, 2.05) is 6.08 Å². The van der Waals surface area contributed by atoms with Crippen LogP contribution in [0.15, 0.2) is 146 Å². The molecule has 0 spiro atoms. The molecule has 0 heterocycles. The van der Waals surface area contributed by atoms with Crippen LogP contribution < -0.4 is 5.32 Å². The summed E-state index contributed by atoms with van der Waals surface area (Å²) >= 11 is 0. The summed E-state index contributed by atoms with van der Waals surface area (Å²) in [6, 6.07) is -0.654. The zero-order valence-electron chi connectivity index (χ0n) is 56.8. The molecule has 0 aromatic rings. The molecule has 0 fully saturated rings. The van der Waals surface area contributed by atoms with Gasteiger partial charge in [0.25, 0.3) is 0 Å². The molecule has 2 unspecified atom stereocenters. The Morgan fingerprint density at radius 2 is 0.523 bits per heavy atom. The molecule has 492 valence electrons. The van der Waals surface area contributed by atoms with Gasteiger partial charge in [0.15, 0.2) is 0 Å². The van der Waals surface area contributed by atoms with Gasteiger partial charge >= 0.3 is 0 Å². The van der Waals surface area contributed by atoms with E-state index in [-0.39, 0.29) is 12.5 Å². The Balaban J connectivity index is 3.57. The number of carbonyl (C=O) groups excluding carboxylic acids is 1. The van der Waals surface area contributed by atoms with Gasteiger partial charge in [0.2, 0.25) is 5.91 Å². The molecule has 0 aromatic carbocycles. The van der Waals surface area contributed by atoms with Crippen molar-refractivity contribution in [1.29, 1.82) is 0 Å². The number of aliphatic hydroxyl groups excluding tert-OH is 2. The van der Waals surface area contributed by atoms with Crippen LogP contribution in [-0.4, -0.2) is 34.9 Å². The van der Waals surface area contributed by atoms with Crippen molar-refractivity contribution in [3.8, 4) is 0 Å². The molecule has 4 heteroatoms. The van der Waals surface area contributed by atoms with Crippen LogP contribution in [0.1, 0.15) is 348 Å². The van der Waals surface area contributed by atoms with E-state index in [0.29, 0.717) is 6.42 Å². The van der Waals surface area contributed by atoms with Crippen LogP contribution in [0.5, 0.6) is 0 Å². The van der Waals surface area contributed by atoms with Crippen molar-refractivity contribution in [2.75, 3.05) is 6.61 Å². The van der Waals surface area contributed by atoms with Crippen molar-refractivity contribution in [3.63, 3.8) is 0 Å². The zero-order valence-corrected chi connectivity index (χ0v) is 56.8. The monoisotopic (exact) mass is 1190 g/mol. The summed E-state index contributed by atoms with van der Waals surface area (Å²) in [7, 11) is 0. The van der Waals surface area contributed by atoms with E-state index in [1.54, 1.807) is 6.08 Å². The van der Waals surface area contributed by atoms with Crippen molar-refractivity contribution in [2.45, 2.75) is 360 Å². The molecular formula is C82H141NO3. The molecule has 0 aliphatic carbocycles. The van der Waals surface area contributed by atoms with E-state index >= 15 is 0 Å². The second-order valence-corrected chi connectivity index (χ2v) is 24.6. The number of allylic oxidation sites excluding steroid dienone is 23. The molecular weight excluding hydrogens is 1050 g/mol. The third kappa shape index (κ3) is 71.0. The number of amides is 1. The molecule has 0 saturated carbocycles. The van der Waals surface area contributed by atoms with Crippen LogP contribution in [0.3, 0.4) is 0 Å². The number of aliphatic hydroxyl groups is 2. The molecule has 2 atom stereocenters. The van der Waals surface area contributed by atoms with Crippen LogP contribution in [0.4, 0.5) is 0 Å². The molecule has 0 aliphatic rings. The highest BCUT2D eigenvalue weighted by Gasteiger charge is 2.18. The maximum Gasteiger partial charge on any atom is 0.220 e. The topological polar surface area (TPSA) is 69.6 Å². The van der Waals surface area contributed by atoms with Crippen LogP contribution in [-0.2, 0) is 4.79 Å². The number of carbonyl (C=O) groups is 1. The average Bonchev–Trinajstić information content (AvgIpc) is 3.59. The summed E-state index contributed by atoms with van der Waals surface area (Å²) in [4.78, 5) is 12.6. The molecule has 1 amide bonds. The number of hydrogen-bond acceptors (Lipinski definition) is 3. The minimum absolute atomic E-state index is 0.0804. The van der Waals surface area contributed by atoms with Gasteiger partial charge in [-0.15, -0.1) is 0 Å². The second kappa shape index (κ2) is 75.5. The third-order valence-electron chi connectivity index (χ3n) is 16.3. The van der Waals surface area contributed by atoms with Gasteiger partial charge in [-0.05, 0) is 109 Å². The maximum absolute atomic E-state index is 12.6. The van der Waals surface area contributed by atoms with E-state index in [0.717, 1.165) is 103 Å². The fourth-order valence-corrected chi connectivity index (χ4v) is 10.8. The normalized spacial score (nSPS) is 13.6. The van der Waals surface area contributed by atoms with E-state index in [1.165, 1.54) is 225 Å². The third-order valence-corrected chi connectivity index (χ3v) is 16.3. The van der Waals surface area contributed by atoms with Crippen molar-refractivity contribution in [3.05, 3.63) is 146 Å². The molecule has 0 rings (SSSR count). The fourth-order valence-electron chi connectivity index (χ4n) is 10.8. The van der Waals surface area contributed by atoms with Crippen molar-refractivity contribution < 1.29 is 15.0 Å². The first-order valence-electron chi connectivity index (χ1n) is 37.0. The number of nitrogens with one attached hydrogen (secondary N) is 1. The summed E-state index contributed by atoms with van der Waals surface area (Å²) < 4.78 is 0. The van der Waals surface area contributed by atoms with Gasteiger partial charge in [-0.3, -0.25) is 4.79 Å². The molecule has 0 aliphatic heterocycles. The molecule has 3 N–H and O–H groups in total. The van der Waals surface area contributed by atoms with Crippen LogP contribution in [0, 0.1) is 0 Å². The highest BCUT2D eigenvalue weighted by atomic mass is 16.3. The number of unbranched alkanes of at least 4 members (excludes halogenated alkanes) is 38. The van der Waals surface area contributed by atoms with E-state index in [9.17, 15) is 15.0 Å². The lowest BCUT2D eigenvalue weighted by atomic mass is 10.0. The van der Waals surface area contributed by atoms with Crippen molar-refractivity contribution >= 4 is 5.91 Å².